The molecule has 2 atom stereocenters. The fourth-order valence-electron chi connectivity index (χ4n) is 3.76. The molecule has 0 radical (unpaired) electrons. The third-order valence-electron chi connectivity index (χ3n) is 5.27. The predicted molar refractivity (Wildman–Crippen MR) is 119 cm³/mol. The van der Waals surface area contributed by atoms with Crippen LogP contribution in [0.5, 0.6) is 0 Å². The van der Waals surface area contributed by atoms with Crippen molar-refractivity contribution in [1.82, 2.24) is 20.4 Å². The topological polar surface area (TPSA) is 42.9 Å². The van der Waals surface area contributed by atoms with Gasteiger partial charge >= 0.3 is 6.18 Å². The number of alkyl halides is 3. The van der Waals surface area contributed by atoms with Crippen LogP contribution < -0.4 is 10.6 Å². The Kier molecular flexibility index (Phi) is 8.83. The van der Waals surface area contributed by atoms with Crippen molar-refractivity contribution in [2.45, 2.75) is 44.6 Å². The maximum atomic E-state index is 12.5. The summed E-state index contributed by atoms with van der Waals surface area (Å²) in [5.74, 6) is 0.661. The van der Waals surface area contributed by atoms with Crippen molar-refractivity contribution >= 4 is 41.3 Å². The Labute approximate surface area is 185 Å². The number of hydrogen-bond acceptors (Lipinski definition) is 4. The van der Waals surface area contributed by atoms with E-state index in [9.17, 15) is 13.2 Å². The Morgan fingerprint density at radius 3 is 2.89 bits per heavy atom. The summed E-state index contributed by atoms with van der Waals surface area (Å²) in [7, 11) is 1.70. The molecular formula is C18H29F3IN5S. The van der Waals surface area contributed by atoms with E-state index in [0.29, 0.717) is 31.5 Å². The smallest absolute Gasteiger partial charge is 0.355 e. The molecule has 2 aliphatic heterocycles. The van der Waals surface area contributed by atoms with Crippen LogP contribution in [0.4, 0.5) is 13.2 Å². The van der Waals surface area contributed by atoms with E-state index in [4.69, 9.17) is 0 Å². The Balaban J connectivity index is 0.00000280. The molecular weight excluding hydrogens is 502 g/mol. The second-order valence-electron chi connectivity index (χ2n) is 7.37. The molecule has 1 fully saturated rings. The highest BCUT2D eigenvalue weighted by atomic mass is 127. The van der Waals surface area contributed by atoms with Crippen molar-refractivity contribution in [2.75, 3.05) is 39.8 Å². The van der Waals surface area contributed by atoms with Crippen LogP contribution >= 0.6 is 35.3 Å². The van der Waals surface area contributed by atoms with Gasteiger partial charge in [0.25, 0.3) is 0 Å². The molecule has 2 N–H and O–H groups in total. The van der Waals surface area contributed by atoms with Crippen LogP contribution in [-0.4, -0.2) is 73.8 Å². The van der Waals surface area contributed by atoms with E-state index in [1.807, 2.05) is 11.3 Å². The summed E-state index contributed by atoms with van der Waals surface area (Å²) in [6.45, 7) is 4.98. The fraction of sp³-hybridized carbons (Fsp3) is 0.722. The first-order chi connectivity index (χ1) is 12.8. The van der Waals surface area contributed by atoms with E-state index in [1.165, 1.54) is 15.3 Å². The van der Waals surface area contributed by atoms with Gasteiger partial charge in [-0.15, -0.1) is 35.3 Å². The number of nitrogens with zero attached hydrogens (tertiary/aromatic N) is 3. The second kappa shape index (κ2) is 10.4. The number of thiophene rings is 1. The van der Waals surface area contributed by atoms with Crippen LogP contribution in [0.25, 0.3) is 0 Å². The molecule has 0 amide bonds. The first-order valence-corrected chi connectivity index (χ1v) is 10.3. The third kappa shape index (κ3) is 6.74. The van der Waals surface area contributed by atoms with Gasteiger partial charge in [-0.25, -0.2) is 0 Å². The van der Waals surface area contributed by atoms with Gasteiger partial charge in [0.15, 0.2) is 5.96 Å². The van der Waals surface area contributed by atoms with Crippen LogP contribution in [0.2, 0.25) is 0 Å². The second-order valence-corrected chi connectivity index (χ2v) is 8.37. The number of likely N-dealkylation sites (tertiary alicyclic amines) is 1. The van der Waals surface area contributed by atoms with Crippen LogP contribution in [0.1, 0.15) is 23.8 Å². The summed E-state index contributed by atoms with van der Waals surface area (Å²) >= 11 is 1.84. The zero-order valence-electron chi connectivity index (χ0n) is 16.3. The minimum atomic E-state index is -4.14. The van der Waals surface area contributed by atoms with E-state index >= 15 is 0 Å². The molecule has 0 saturated carbocycles. The average Bonchev–Trinajstić information content (AvgIpc) is 3.25. The van der Waals surface area contributed by atoms with E-state index < -0.39 is 12.7 Å². The molecule has 1 aromatic heterocycles. The average molecular weight is 531 g/mol. The Hall–Kier alpha value is -0.590. The Morgan fingerprint density at radius 2 is 2.18 bits per heavy atom. The molecule has 5 nitrogen and oxygen atoms in total. The van der Waals surface area contributed by atoms with Crippen molar-refractivity contribution in [2.24, 2.45) is 4.99 Å². The lowest BCUT2D eigenvalue weighted by atomic mass is 10.1. The monoisotopic (exact) mass is 531 g/mol. The van der Waals surface area contributed by atoms with Crippen LogP contribution in [0.15, 0.2) is 16.4 Å². The van der Waals surface area contributed by atoms with Gasteiger partial charge in [0, 0.05) is 56.7 Å². The minimum Gasteiger partial charge on any atom is -0.355 e. The molecule has 0 spiro atoms. The van der Waals surface area contributed by atoms with Gasteiger partial charge < -0.3 is 10.6 Å². The van der Waals surface area contributed by atoms with E-state index in [-0.39, 0.29) is 30.0 Å². The highest BCUT2D eigenvalue weighted by Gasteiger charge is 2.34. The number of aliphatic imine (C=N–C) groups is 1. The number of hydrogen-bond donors (Lipinski definition) is 2. The molecule has 10 heteroatoms. The lowest BCUT2D eigenvalue weighted by Crippen LogP contribution is -2.49. The molecule has 0 aromatic carbocycles. The van der Waals surface area contributed by atoms with E-state index in [0.717, 1.165) is 26.1 Å². The summed E-state index contributed by atoms with van der Waals surface area (Å²) in [5.41, 5.74) is 1.43. The lowest BCUT2D eigenvalue weighted by Gasteiger charge is -2.33. The van der Waals surface area contributed by atoms with Gasteiger partial charge in [0.1, 0.15) is 0 Å². The van der Waals surface area contributed by atoms with Crippen molar-refractivity contribution in [3.05, 3.63) is 21.9 Å². The van der Waals surface area contributed by atoms with Gasteiger partial charge in [0.2, 0.25) is 0 Å². The number of rotatable bonds is 5. The molecule has 1 aromatic rings. The largest absolute Gasteiger partial charge is 0.401 e. The minimum absolute atomic E-state index is 0. The van der Waals surface area contributed by atoms with Crippen molar-refractivity contribution < 1.29 is 13.2 Å². The molecule has 160 valence electrons. The summed E-state index contributed by atoms with van der Waals surface area (Å²) < 4.78 is 37.6. The quantitative estimate of drug-likeness (QED) is 0.349. The Bertz CT molecular complexity index is 651. The highest BCUT2D eigenvalue weighted by Crippen LogP contribution is 2.25. The van der Waals surface area contributed by atoms with Crippen LogP contribution in [-0.2, 0) is 13.0 Å². The van der Waals surface area contributed by atoms with Gasteiger partial charge in [-0.3, -0.25) is 14.8 Å². The SMILES string of the molecule is CN=C(NCC(C)N1CCc2sccc2C1)NC1CCN(CC(F)(F)F)C1.I. The van der Waals surface area contributed by atoms with E-state index in [1.54, 1.807) is 7.05 Å². The van der Waals surface area contributed by atoms with Crippen molar-refractivity contribution in [3.8, 4) is 0 Å². The van der Waals surface area contributed by atoms with E-state index in [2.05, 4.69) is 38.9 Å². The molecule has 2 aliphatic rings. The fourth-order valence-corrected chi connectivity index (χ4v) is 4.65. The normalized spacial score (nSPS) is 22.5. The first kappa shape index (κ1) is 23.7. The molecule has 3 heterocycles. The van der Waals surface area contributed by atoms with Crippen LogP contribution in [0, 0.1) is 0 Å². The van der Waals surface area contributed by atoms with Gasteiger partial charge in [-0.05, 0) is 36.8 Å². The predicted octanol–water partition coefficient (Wildman–Crippen LogP) is 2.91. The first-order valence-electron chi connectivity index (χ1n) is 9.39. The molecule has 1 saturated heterocycles. The summed E-state index contributed by atoms with van der Waals surface area (Å²) in [5, 5.41) is 8.76. The summed E-state index contributed by atoms with van der Waals surface area (Å²) in [6, 6.07) is 2.55. The molecule has 3 rings (SSSR count). The number of halogens is 4. The maximum absolute atomic E-state index is 12.5. The zero-order chi connectivity index (χ0) is 19.4. The van der Waals surface area contributed by atoms with Crippen molar-refractivity contribution in [3.63, 3.8) is 0 Å². The summed E-state index contributed by atoms with van der Waals surface area (Å²) in [6.07, 6.45) is -2.35. The maximum Gasteiger partial charge on any atom is 0.401 e. The third-order valence-corrected chi connectivity index (χ3v) is 6.29. The zero-order valence-corrected chi connectivity index (χ0v) is 19.4. The number of guanidine groups is 1. The van der Waals surface area contributed by atoms with Gasteiger partial charge in [-0.1, -0.05) is 0 Å². The molecule has 28 heavy (non-hydrogen) atoms. The molecule has 2 unspecified atom stereocenters. The number of nitrogens with one attached hydrogen (secondary N) is 2. The van der Waals surface area contributed by atoms with Gasteiger partial charge in [0.05, 0.1) is 6.54 Å². The van der Waals surface area contributed by atoms with Gasteiger partial charge in [-0.2, -0.15) is 13.2 Å². The molecule has 0 bridgehead atoms. The molecule has 0 aliphatic carbocycles. The number of fused-ring (bicyclic) bond motifs is 1. The van der Waals surface area contributed by atoms with Crippen molar-refractivity contribution in [1.29, 1.82) is 0 Å². The van der Waals surface area contributed by atoms with Crippen LogP contribution in [0.3, 0.4) is 0 Å². The lowest BCUT2D eigenvalue weighted by molar-refractivity contribution is -0.143. The Morgan fingerprint density at radius 1 is 1.39 bits per heavy atom. The highest BCUT2D eigenvalue weighted by molar-refractivity contribution is 14.0. The summed E-state index contributed by atoms with van der Waals surface area (Å²) in [4.78, 5) is 9.63. The standard InChI is InChI=1S/C18H28F3N5S.HI/c1-13(26-7-4-16-14(10-26)5-8-27-16)9-23-17(22-2)24-15-3-6-25(11-15)12-18(19,20)21;/h5,8,13,15H,3-4,6-7,9-12H2,1-2H3,(H2,22,23,24);1H.